The van der Waals surface area contributed by atoms with Crippen LogP contribution in [0.25, 0.3) is 0 Å². The standard InChI is InChI=1S/C9H11IN2O/c1-6-8(10)2-3-9(11-6)12-4-7(13)5-12/h2-3,7,13H,4-5H2,1H3. The highest BCUT2D eigenvalue weighted by Crippen LogP contribution is 2.20. The van der Waals surface area contributed by atoms with Crippen molar-refractivity contribution in [3.05, 3.63) is 21.4 Å². The predicted octanol–water partition coefficient (Wildman–Crippen LogP) is 1.18. The van der Waals surface area contributed by atoms with Gasteiger partial charge in [-0.15, -0.1) is 0 Å². The molecule has 0 amide bonds. The Hall–Kier alpha value is -0.360. The summed E-state index contributed by atoms with van der Waals surface area (Å²) >= 11 is 2.27. The van der Waals surface area contributed by atoms with E-state index in [1.807, 2.05) is 13.0 Å². The Morgan fingerprint density at radius 1 is 1.54 bits per heavy atom. The van der Waals surface area contributed by atoms with Crippen LogP contribution in [0.4, 0.5) is 5.82 Å². The smallest absolute Gasteiger partial charge is 0.129 e. The molecule has 1 aliphatic heterocycles. The fraction of sp³-hybridized carbons (Fsp3) is 0.444. The average Bonchev–Trinajstić information content (AvgIpc) is 2.05. The largest absolute Gasteiger partial charge is 0.389 e. The van der Waals surface area contributed by atoms with Gasteiger partial charge in [0.25, 0.3) is 0 Å². The maximum Gasteiger partial charge on any atom is 0.129 e. The van der Waals surface area contributed by atoms with Gasteiger partial charge in [0, 0.05) is 16.7 Å². The Bertz CT molecular complexity index is 323. The molecule has 2 heterocycles. The van der Waals surface area contributed by atoms with Crippen molar-refractivity contribution in [3.63, 3.8) is 0 Å². The highest BCUT2D eigenvalue weighted by atomic mass is 127. The number of β-amino-alcohol motifs (C(OH)–C–C–N with tert-alkyl or cyclic N) is 1. The van der Waals surface area contributed by atoms with Gasteiger partial charge in [0.2, 0.25) is 0 Å². The van der Waals surface area contributed by atoms with Crippen molar-refractivity contribution < 1.29 is 5.11 Å². The zero-order valence-corrected chi connectivity index (χ0v) is 9.52. The van der Waals surface area contributed by atoms with E-state index < -0.39 is 0 Å². The molecule has 1 N–H and O–H groups in total. The van der Waals surface area contributed by atoms with Crippen molar-refractivity contribution in [3.8, 4) is 0 Å². The lowest BCUT2D eigenvalue weighted by molar-refractivity contribution is 0.141. The first-order chi connectivity index (χ1) is 6.16. The molecule has 70 valence electrons. The summed E-state index contributed by atoms with van der Waals surface area (Å²) in [5.41, 5.74) is 1.06. The molecule has 1 aliphatic rings. The monoisotopic (exact) mass is 290 g/mol. The number of aromatic nitrogens is 1. The molecule has 13 heavy (non-hydrogen) atoms. The number of hydrogen-bond acceptors (Lipinski definition) is 3. The Kier molecular flexibility index (Phi) is 2.42. The summed E-state index contributed by atoms with van der Waals surface area (Å²) in [6.07, 6.45) is -0.165. The maximum atomic E-state index is 9.13. The molecule has 1 aromatic heterocycles. The van der Waals surface area contributed by atoms with Crippen molar-refractivity contribution in [1.82, 2.24) is 4.98 Å². The van der Waals surface area contributed by atoms with E-state index in [9.17, 15) is 0 Å². The van der Waals surface area contributed by atoms with Crippen LogP contribution in [0.5, 0.6) is 0 Å². The van der Waals surface area contributed by atoms with Gasteiger partial charge in [0.05, 0.1) is 11.8 Å². The van der Waals surface area contributed by atoms with Gasteiger partial charge in [0.15, 0.2) is 0 Å². The van der Waals surface area contributed by atoms with Crippen LogP contribution >= 0.6 is 22.6 Å². The molecule has 4 heteroatoms. The lowest BCUT2D eigenvalue weighted by Gasteiger charge is -2.36. The van der Waals surface area contributed by atoms with Crippen LogP contribution in [0.3, 0.4) is 0 Å². The van der Waals surface area contributed by atoms with Gasteiger partial charge in [-0.3, -0.25) is 0 Å². The molecular formula is C9H11IN2O. The van der Waals surface area contributed by atoms with Gasteiger partial charge in [-0.05, 0) is 41.6 Å². The SMILES string of the molecule is Cc1nc(N2CC(O)C2)ccc1I. The number of aryl methyl sites for hydroxylation is 1. The summed E-state index contributed by atoms with van der Waals surface area (Å²) in [4.78, 5) is 6.51. The first-order valence-electron chi connectivity index (χ1n) is 4.23. The Balaban J connectivity index is 2.18. The van der Waals surface area contributed by atoms with Gasteiger partial charge in [-0.1, -0.05) is 0 Å². The third-order valence-electron chi connectivity index (χ3n) is 2.19. The van der Waals surface area contributed by atoms with E-state index in [4.69, 9.17) is 5.11 Å². The average molecular weight is 290 g/mol. The van der Waals surface area contributed by atoms with E-state index in [2.05, 4.69) is 38.5 Å². The minimum Gasteiger partial charge on any atom is -0.389 e. The third kappa shape index (κ3) is 1.78. The summed E-state index contributed by atoms with van der Waals surface area (Å²) in [5.74, 6) is 0.975. The second-order valence-electron chi connectivity index (χ2n) is 3.30. The number of rotatable bonds is 1. The van der Waals surface area contributed by atoms with E-state index in [0.29, 0.717) is 13.1 Å². The fourth-order valence-electron chi connectivity index (χ4n) is 1.35. The number of aliphatic hydroxyl groups is 1. The molecule has 1 aromatic rings. The molecule has 2 rings (SSSR count). The van der Waals surface area contributed by atoms with E-state index in [1.165, 1.54) is 3.57 Å². The molecular weight excluding hydrogens is 279 g/mol. The normalized spacial score (nSPS) is 17.3. The van der Waals surface area contributed by atoms with Crippen LogP contribution in [0, 0.1) is 10.5 Å². The topological polar surface area (TPSA) is 36.4 Å². The zero-order chi connectivity index (χ0) is 9.42. The van der Waals surface area contributed by atoms with Gasteiger partial charge in [-0.2, -0.15) is 0 Å². The number of pyridine rings is 1. The lowest BCUT2D eigenvalue weighted by Crippen LogP contribution is -2.51. The number of halogens is 1. The predicted molar refractivity (Wildman–Crippen MR) is 59.9 cm³/mol. The van der Waals surface area contributed by atoms with Crippen LogP contribution < -0.4 is 4.90 Å². The molecule has 0 atom stereocenters. The molecule has 0 saturated carbocycles. The molecule has 0 spiro atoms. The first-order valence-corrected chi connectivity index (χ1v) is 5.31. The van der Waals surface area contributed by atoms with Crippen LogP contribution in [-0.2, 0) is 0 Å². The molecule has 1 saturated heterocycles. The highest BCUT2D eigenvalue weighted by Gasteiger charge is 2.25. The first kappa shape index (κ1) is 9.21. The molecule has 0 aromatic carbocycles. The van der Waals surface area contributed by atoms with Crippen LogP contribution in [0.15, 0.2) is 12.1 Å². The van der Waals surface area contributed by atoms with Crippen molar-refractivity contribution >= 4 is 28.4 Å². The van der Waals surface area contributed by atoms with E-state index in [0.717, 1.165) is 11.5 Å². The molecule has 0 radical (unpaired) electrons. The second-order valence-corrected chi connectivity index (χ2v) is 4.46. The third-order valence-corrected chi connectivity index (χ3v) is 3.33. The summed E-state index contributed by atoms with van der Waals surface area (Å²) in [5, 5.41) is 9.13. The van der Waals surface area contributed by atoms with E-state index in [-0.39, 0.29) is 6.10 Å². The van der Waals surface area contributed by atoms with Gasteiger partial charge >= 0.3 is 0 Å². The Morgan fingerprint density at radius 3 is 2.77 bits per heavy atom. The van der Waals surface area contributed by atoms with Crippen molar-refractivity contribution in [1.29, 1.82) is 0 Å². The number of aliphatic hydroxyl groups excluding tert-OH is 1. The van der Waals surface area contributed by atoms with Crippen LogP contribution in [0.1, 0.15) is 5.69 Å². The Labute approximate surface area is 90.9 Å². The zero-order valence-electron chi connectivity index (χ0n) is 7.37. The molecule has 0 bridgehead atoms. The van der Waals surface area contributed by atoms with E-state index in [1.54, 1.807) is 0 Å². The lowest BCUT2D eigenvalue weighted by atomic mass is 10.2. The maximum absolute atomic E-state index is 9.13. The quantitative estimate of drug-likeness (QED) is 0.789. The van der Waals surface area contributed by atoms with Crippen molar-refractivity contribution in [2.45, 2.75) is 13.0 Å². The van der Waals surface area contributed by atoms with Crippen LogP contribution in [-0.4, -0.2) is 29.3 Å². The number of nitrogens with zero attached hydrogens (tertiary/aromatic N) is 2. The Morgan fingerprint density at radius 2 is 2.23 bits per heavy atom. The van der Waals surface area contributed by atoms with Gasteiger partial charge in [-0.25, -0.2) is 4.98 Å². The number of hydrogen-bond donors (Lipinski definition) is 1. The highest BCUT2D eigenvalue weighted by molar-refractivity contribution is 14.1. The molecule has 0 aliphatic carbocycles. The van der Waals surface area contributed by atoms with Crippen molar-refractivity contribution in [2.75, 3.05) is 18.0 Å². The van der Waals surface area contributed by atoms with E-state index >= 15 is 0 Å². The van der Waals surface area contributed by atoms with Gasteiger partial charge < -0.3 is 10.0 Å². The summed E-state index contributed by atoms with van der Waals surface area (Å²) in [6.45, 7) is 3.43. The number of anilines is 1. The van der Waals surface area contributed by atoms with Crippen molar-refractivity contribution in [2.24, 2.45) is 0 Å². The molecule has 1 fully saturated rings. The summed E-state index contributed by atoms with van der Waals surface area (Å²) in [6, 6.07) is 4.06. The summed E-state index contributed by atoms with van der Waals surface area (Å²) in [7, 11) is 0. The second kappa shape index (κ2) is 3.42. The molecule has 3 nitrogen and oxygen atoms in total. The molecule has 0 unspecified atom stereocenters. The fourth-order valence-corrected chi connectivity index (χ4v) is 1.65. The minimum atomic E-state index is -0.165. The van der Waals surface area contributed by atoms with Crippen LogP contribution in [0.2, 0.25) is 0 Å². The minimum absolute atomic E-state index is 0.165. The summed E-state index contributed by atoms with van der Waals surface area (Å²) < 4.78 is 1.18. The van der Waals surface area contributed by atoms with Gasteiger partial charge in [0.1, 0.15) is 5.82 Å².